The number of hydrogen-bond acceptors (Lipinski definition) is 8. The molecule has 51 heavy (non-hydrogen) atoms. The lowest BCUT2D eigenvalue weighted by atomic mass is 10.0. The third kappa shape index (κ3) is 9.19. The number of pyridine rings is 1. The highest BCUT2D eigenvalue weighted by molar-refractivity contribution is 8.08. The Hall–Kier alpha value is -3.75. The molecule has 0 spiro atoms. The first kappa shape index (κ1) is 37.0. The first-order valence-corrected chi connectivity index (χ1v) is 20.7. The molecule has 5 heterocycles. The van der Waals surface area contributed by atoms with Crippen molar-refractivity contribution in [3.63, 3.8) is 0 Å². The number of nitrogens with zero attached hydrogens (tertiary/aromatic N) is 3. The highest BCUT2D eigenvalue weighted by Gasteiger charge is 2.42. The number of para-hydroxylation sites is 1. The normalized spacial score (nSPS) is 20.6. The Morgan fingerprint density at radius 2 is 1.73 bits per heavy atom. The largest absolute Gasteiger partial charge is 0.356 e. The van der Waals surface area contributed by atoms with Crippen LogP contribution in [-0.2, 0) is 22.7 Å². The molecule has 3 aliphatic heterocycles. The zero-order chi connectivity index (χ0) is 35.7. The van der Waals surface area contributed by atoms with Gasteiger partial charge in [-0.3, -0.25) is 19.0 Å². The number of aromatic nitrogens is 2. The van der Waals surface area contributed by atoms with E-state index < -0.39 is 0 Å². The maximum Gasteiger partial charge on any atom is 0.315 e. The Morgan fingerprint density at radius 1 is 0.961 bits per heavy atom. The lowest BCUT2D eigenvalue weighted by Crippen LogP contribution is -2.43. The van der Waals surface area contributed by atoms with Gasteiger partial charge < -0.3 is 26.2 Å². The fraction of sp³-hybridized carbons (Fsp3) is 0.486. The van der Waals surface area contributed by atoms with Crippen molar-refractivity contribution < 1.29 is 19.0 Å². The molecule has 3 aliphatic rings. The molecule has 1 aromatic carbocycles. The summed E-state index contributed by atoms with van der Waals surface area (Å²) in [5, 5.41) is 13.4. The number of benzene rings is 1. The molecule has 14 heteroatoms. The minimum absolute atomic E-state index is 0.0243. The number of anilines is 1. The zero-order valence-corrected chi connectivity index (χ0v) is 31.8. The molecule has 11 nitrogen and oxygen atoms in total. The van der Waals surface area contributed by atoms with E-state index in [0.717, 1.165) is 74.8 Å². The van der Waals surface area contributed by atoms with Gasteiger partial charge in [-0.25, -0.2) is 4.79 Å². The van der Waals surface area contributed by atoms with Gasteiger partial charge in [0.05, 0.1) is 24.3 Å². The maximum absolute atomic E-state index is 13.5. The van der Waals surface area contributed by atoms with E-state index in [1.54, 1.807) is 11.8 Å². The van der Waals surface area contributed by atoms with Crippen LogP contribution in [0, 0.1) is 0 Å². The third-order valence-corrected chi connectivity index (χ3v) is 13.6. The van der Waals surface area contributed by atoms with Crippen LogP contribution < -0.4 is 45.5 Å². The molecule has 2 saturated heterocycles. The molecule has 3 aromatic rings. The van der Waals surface area contributed by atoms with Crippen molar-refractivity contribution in [2.24, 2.45) is 0 Å². The van der Waals surface area contributed by atoms with Crippen LogP contribution in [0.2, 0.25) is 0 Å². The third-order valence-electron chi connectivity index (χ3n) is 9.57. The van der Waals surface area contributed by atoms with E-state index in [9.17, 15) is 19.2 Å². The number of nitrogens with one attached hydrogen (secondary N) is 4. The Bertz CT molecular complexity index is 1910. The second-order valence-electron chi connectivity index (χ2n) is 13.1. The second kappa shape index (κ2) is 17.6. The summed E-state index contributed by atoms with van der Waals surface area (Å²) >= 11 is 5.06. The minimum Gasteiger partial charge on any atom is -0.356 e. The van der Waals surface area contributed by atoms with Crippen molar-refractivity contribution in [1.82, 2.24) is 25.8 Å². The van der Waals surface area contributed by atoms with E-state index in [1.807, 2.05) is 66.8 Å². The SMILES string of the molecule is CCn1c(=Cc2cccc[n+]2CCNC(=O)CCCCCNC(=O)CCCC[C@@H]2SC[C@@H]3NC(=O)N[C@@H]32)sc(=C2Sc3ccccc3N2C)c1=O. The number of unbranched alkanes of at least 4 members (excludes halogenated alkanes) is 3. The van der Waals surface area contributed by atoms with Gasteiger partial charge in [0.1, 0.15) is 14.2 Å². The molecule has 0 saturated carbocycles. The predicted octanol–water partition coefficient (Wildman–Crippen LogP) is 2.87. The Kier molecular flexibility index (Phi) is 12.8. The van der Waals surface area contributed by atoms with Gasteiger partial charge >= 0.3 is 6.03 Å². The van der Waals surface area contributed by atoms with Crippen LogP contribution >= 0.6 is 34.9 Å². The second-order valence-corrected chi connectivity index (χ2v) is 16.4. The van der Waals surface area contributed by atoms with Crippen molar-refractivity contribution >= 4 is 69.5 Å². The standard InChI is InChI=1S/C37H47N7O4S3/c1-3-44-32(51-34(35(44)47)36-42(2)27-14-6-7-15-28(27)50-36)23-25-13-10-12-21-43(25)22-20-39-31(46)17-5-4-11-19-38-30(45)18-9-8-16-29-33-26(24-49-29)40-37(48)41-33/h6-7,10,12-15,21,23,26,29,33H,3-5,8-9,11,16-20,22,24H2,1-2H3,(H3-,38,39,40,41,45,46,48)/p+1/t26-,29-,33-/m0/s1. The van der Waals surface area contributed by atoms with Crippen LogP contribution in [0.3, 0.4) is 0 Å². The number of urea groups is 1. The van der Waals surface area contributed by atoms with Crippen molar-refractivity contribution in [3.05, 3.63) is 73.9 Å². The van der Waals surface area contributed by atoms with Crippen LogP contribution in [0.5, 0.6) is 0 Å². The Morgan fingerprint density at radius 3 is 2.53 bits per heavy atom. The summed E-state index contributed by atoms with van der Waals surface area (Å²) in [5.41, 5.74) is 2.10. The molecule has 0 aliphatic carbocycles. The fourth-order valence-electron chi connectivity index (χ4n) is 6.80. The van der Waals surface area contributed by atoms with Crippen molar-refractivity contribution in [3.8, 4) is 0 Å². The van der Waals surface area contributed by atoms with E-state index in [1.165, 1.54) is 11.3 Å². The molecule has 0 bridgehead atoms. The van der Waals surface area contributed by atoms with Gasteiger partial charge in [0, 0.05) is 67.1 Å². The lowest BCUT2D eigenvalue weighted by molar-refractivity contribution is -0.696. The Balaban J connectivity index is 0.898. The predicted molar refractivity (Wildman–Crippen MR) is 206 cm³/mol. The molecule has 3 atom stereocenters. The summed E-state index contributed by atoms with van der Waals surface area (Å²) in [5.74, 6) is 1.07. The van der Waals surface area contributed by atoms with Gasteiger partial charge in [-0.1, -0.05) is 36.7 Å². The summed E-state index contributed by atoms with van der Waals surface area (Å²) < 4.78 is 5.57. The monoisotopic (exact) mass is 750 g/mol. The summed E-state index contributed by atoms with van der Waals surface area (Å²) in [6.45, 7) is 4.32. The first-order valence-electron chi connectivity index (χ1n) is 18.0. The molecular formula is C37H48N7O4S3+. The quantitative estimate of drug-likeness (QED) is 0.101. The number of thioether (sulfide) groups is 2. The number of fused-ring (bicyclic) bond motifs is 2. The molecule has 2 fully saturated rings. The molecular weight excluding hydrogens is 703 g/mol. The minimum atomic E-state index is -0.0602. The van der Waals surface area contributed by atoms with E-state index in [0.29, 0.717) is 44.3 Å². The van der Waals surface area contributed by atoms with E-state index in [2.05, 4.69) is 48.9 Å². The first-order chi connectivity index (χ1) is 24.8. The van der Waals surface area contributed by atoms with Gasteiger partial charge in [-0.15, -0.1) is 11.3 Å². The van der Waals surface area contributed by atoms with Crippen LogP contribution in [0.15, 0.2) is 58.4 Å². The summed E-state index contributed by atoms with van der Waals surface area (Å²) in [6, 6.07) is 14.6. The van der Waals surface area contributed by atoms with Crippen molar-refractivity contribution in [2.45, 2.75) is 93.6 Å². The number of rotatable bonds is 16. The zero-order valence-electron chi connectivity index (χ0n) is 29.3. The summed E-state index contributed by atoms with van der Waals surface area (Å²) in [7, 11) is 2.01. The van der Waals surface area contributed by atoms with Crippen molar-refractivity contribution in [1.29, 1.82) is 0 Å². The molecule has 0 unspecified atom stereocenters. The van der Waals surface area contributed by atoms with E-state index >= 15 is 0 Å². The molecule has 4 N–H and O–H groups in total. The molecule has 0 radical (unpaired) electrons. The molecule has 6 rings (SSSR count). The lowest BCUT2D eigenvalue weighted by Gasteiger charge is -2.16. The van der Waals surface area contributed by atoms with Crippen LogP contribution in [0.4, 0.5) is 10.5 Å². The van der Waals surface area contributed by atoms with Gasteiger partial charge in [0.15, 0.2) is 12.7 Å². The van der Waals surface area contributed by atoms with E-state index in [-0.39, 0.29) is 35.5 Å². The average molecular weight is 751 g/mol. The highest BCUT2D eigenvalue weighted by Crippen LogP contribution is 2.45. The van der Waals surface area contributed by atoms with E-state index in [4.69, 9.17) is 0 Å². The molecule has 272 valence electrons. The number of hydrogen-bond donors (Lipinski definition) is 4. The van der Waals surface area contributed by atoms with Crippen LogP contribution in [0.25, 0.3) is 11.1 Å². The number of carbonyl (C=O) groups excluding carboxylic acids is 3. The van der Waals surface area contributed by atoms with Gasteiger partial charge in [0.25, 0.3) is 5.56 Å². The summed E-state index contributed by atoms with van der Waals surface area (Å²) in [4.78, 5) is 53.1. The van der Waals surface area contributed by atoms with Crippen molar-refractivity contribution in [2.75, 3.05) is 30.8 Å². The van der Waals surface area contributed by atoms with Gasteiger partial charge in [-0.05, 0) is 50.8 Å². The number of carbonyl (C=O) groups is 3. The summed E-state index contributed by atoms with van der Waals surface area (Å²) in [6.07, 6.45) is 10.4. The van der Waals surface area contributed by atoms with Gasteiger partial charge in [0.2, 0.25) is 17.5 Å². The van der Waals surface area contributed by atoms with Crippen LogP contribution in [-0.4, -0.2) is 65.6 Å². The number of amides is 4. The highest BCUT2D eigenvalue weighted by atomic mass is 32.2. The molecule has 2 aromatic heterocycles. The van der Waals surface area contributed by atoms with Gasteiger partial charge in [-0.2, -0.15) is 16.3 Å². The maximum atomic E-state index is 13.5. The fourth-order valence-corrected chi connectivity index (χ4v) is 10.8. The Labute approximate surface area is 311 Å². The number of thiazole rings is 1. The average Bonchev–Trinajstić information content (AvgIpc) is 3.86. The topological polar surface area (TPSA) is 128 Å². The van der Waals surface area contributed by atoms with Crippen LogP contribution in [0.1, 0.15) is 64.0 Å². The smallest absolute Gasteiger partial charge is 0.315 e. The molecule has 4 amide bonds.